The second-order valence-electron chi connectivity index (χ2n) is 6.57. The smallest absolute Gasteiger partial charge is 0.404 e. The second kappa shape index (κ2) is 10.9. The zero-order chi connectivity index (χ0) is 22.1. The van der Waals surface area contributed by atoms with Crippen molar-refractivity contribution in [3.8, 4) is 0 Å². The second-order valence-corrected chi connectivity index (χ2v) is 6.57. The van der Waals surface area contributed by atoms with Gasteiger partial charge in [0, 0.05) is 42.6 Å². The van der Waals surface area contributed by atoms with Gasteiger partial charge < -0.3 is 30.1 Å². The lowest BCUT2D eigenvalue weighted by atomic mass is 9.91. The predicted octanol–water partition coefficient (Wildman–Crippen LogP) is 2.13. The normalized spacial score (nSPS) is 15.0. The molecule has 1 saturated heterocycles. The maximum Gasteiger partial charge on any atom is 0.404 e. The van der Waals surface area contributed by atoms with Crippen LogP contribution < -0.4 is 5.32 Å². The minimum atomic E-state index is -1.26. The van der Waals surface area contributed by atoms with Gasteiger partial charge in [-0.25, -0.2) is 18.8 Å². The molecule has 1 fully saturated rings. The number of benzene rings is 1. The van der Waals surface area contributed by atoms with E-state index in [0.717, 1.165) is 37.0 Å². The number of halogens is 1. The summed E-state index contributed by atoms with van der Waals surface area (Å²) < 4.78 is 18.4. The van der Waals surface area contributed by atoms with Gasteiger partial charge in [0.2, 0.25) is 0 Å². The fourth-order valence-electron chi connectivity index (χ4n) is 3.12. The molecular formula is C19H22FN3O7. The Morgan fingerprint density at radius 3 is 2.37 bits per heavy atom. The van der Waals surface area contributed by atoms with E-state index in [4.69, 9.17) is 19.8 Å². The molecule has 4 N–H and O–H groups in total. The Morgan fingerprint density at radius 2 is 1.80 bits per heavy atom. The van der Waals surface area contributed by atoms with Crippen LogP contribution in [-0.2, 0) is 9.59 Å². The van der Waals surface area contributed by atoms with E-state index < -0.39 is 18.0 Å². The standard InChI is InChI=1S/C15H18FN3O3.C4H4O4/c16-11-1-2-12-13(9-11)22-18-14(12)10-3-6-19(7-4-10)8-5-17-15(20)21;5-3(6)1-2-4(7)8/h1-2,9-10,17H,3-8H2,(H,20,21);1-2H,(H,5,6)(H,7,8). The van der Waals surface area contributed by atoms with Crippen molar-refractivity contribution in [2.24, 2.45) is 0 Å². The third kappa shape index (κ3) is 7.17. The monoisotopic (exact) mass is 423 g/mol. The maximum absolute atomic E-state index is 13.2. The first-order valence-corrected chi connectivity index (χ1v) is 9.14. The molecule has 1 aliphatic heterocycles. The number of aromatic nitrogens is 1. The number of rotatable bonds is 6. The molecule has 0 radical (unpaired) electrons. The van der Waals surface area contributed by atoms with Crippen molar-refractivity contribution in [2.45, 2.75) is 18.8 Å². The van der Waals surface area contributed by atoms with Gasteiger partial charge in [0.25, 0.3) is 0 Å². The quantitative estimate of drug-likeness (QED) is 0.512. The summed E-state index contributed by atoms with van der Waals surface area (Å²) in [5.74, 6) is -2.54. The first-order valence-electron chi connectivity index (χ1n) is 9.14. The first-order chi connectivity index (χ1) is 14.3. The van der Waals surface area contributed by atoms with Gasteiger partial charge in [-0.2, -0.15) is 0 Å². The van der Waals surface area contributed by atoms with Crippen LogP contribution in [0.25, 0.3) is 11.0 Å². The number of carboxylic acids is 2. The van der Waals surface area contributed by atoms with Crippen molar-refractivity contribution in [1.82, 2.24) is 15.4 Å². The lowest BCUT2D eigenvalue weighted by Gasteiger charge is -2.30. The molecule has 2 aromatic rings. The Labute approximate surface area is 170 Å². The number of likely N-dealkylation sites (tertiary alicyclic amines) is 1. The first kappa shape index (κ1) is 22.8. The summed E-state index contributed by atoms with van der Waals surface area (Å²) in [6, 6.07) is 4.51. The van der Waals surface area contributed by atoms with Gasteiger partial charge in [-0.15, -0.1) is 0 Å². The van der Waals surface area contributed by atoms with Gasteiger partial charge in [0.15, 0.2) is 5.58 Å². The summed E-state index contributed by atoms with van der Waals surface area (Å²) in [7, 11) is 0. The molecule has 0 bridgehead atoms. The van der Waals surface area contributed by atoms with Crippen LogP contribution in [-0.4, -0.2) is 69.6 Å². The molecule has 0 saturated carbocycles. The Balaban J connectivity index is 0.000000343. The Bertz CT molecular complexity index is 904. The number of fused-ring (bicyclic) bond motifs is 1. The molecule has 3 rings (SSSR count). The average molecular weight is 423 g/mol. The third-order valence-electron chi connectivity index (χ3n) is 4.51. The van der Waals surface area contributed by atoms with Crippen LogP contribution in [0.2, 0.25) is 0 Å². The minimum Gasteiger partial charge on any atom is -0.478 e. The highest BCUT2D eigenvalue weighted by Gasteiger charge is 2.24. The van der Waals surface area contributed by atoms with Gasteiger partial charge in [-0.3, -0.25) is 0 Å². The lowest BCUT2D eigenvalue weighted by Crippen LogP contribution is -2.38. The largest absolute Gasteiger partial charge is 0.478 e. The van der Waals surface area contributed by atoms with E-state index in [1.165, 1.54) is 12.1 Å². The number of nitrogens with zero attached hydrogens (tertiary/aromatic N) is 2. The molecule has 0 atom stereocenters. The summed E-state index contributed by atoms with van der Waals surface area (Å²) in [5.41, 5.74) is 1.39. The van der Waals surface area contributed by atoms with Crippen LogP contribution in [0.4, 0.5) is 9.18 Å². The number of piperidine rings is 1. The van der Waals surface area contributed by atoms with E-state index in [1.54, 1.807) is 6.07 Å². The van der Waals surface area contributed by atoms with Crippen LogP contribution in [0, 0.1) is 5.82 Å². The molecular weight excluding hydrogens is 401 g/mol. The van der Waals surface area contributed by atoms with Crippen LogP contribution in [0.3, 0.4) is 0 Å². The molecule has 1 aliphatic rings. The SMILES string of the molecule is O=C(O)C=CC(=O)O.O=C(O)NCCN1CCC(c2noc3cc(F)ccc23)CC1. The Kier molecular flexibility index (Phi) is 8.29. The Morgan fingerprint density at radius 1 is 1.17 bits per heavy atom. The van der Waals surface area contributed by atoms with Gasteiger partial charge in [-0.05, 0) is 38.1 Å². The topological polar surface area (TPSA) is 153 Å². The molecule has 0 aliphatic carbocycles. The molecule has 1 amide bonds. The summed E-state index contributed by atoms with van der Waals surface area (Å²) in [5, 5.41) is 31.6. The summed E-state index contributed by atoms with van der Waals surface area (Å²) in [6.45, 7) is 2.93. The highest BCUT2D eigenvalue weighted by atomic mass is 19.1. The fraction of sp³-hybridized carbons (Fsp3) is 0.368. The van der Waals surface area contributed by atoms with Gasteiger partial charge in [0.1, 0.15) is 5.82 Å². The minimum absolute atomic E-state index is 0.301. The van der Waals surface area contributed by atoms with Crippen molar-refractivity contribution in [1.29, 1.82) is 0 Å². The molecule has 30 heavy (non-hydrogen) atoms. The molecule has 10 nitrogen and oxygen atoms in total. The van der Waals surface area contributed by atoms with Gasteiger partial charge in [0.05, 0.1) is 5.69 Å². The zero-order valence-electron chi connectivity index (χ0n) is 16.0. The number of aliphatic carboxylic acids is 2. The molecule has 1 aromatic carbocycles. The van der Waals surface area contributed by atoms with Crippen molar-refractivity contribution < 1.29 is 38.6 Å². The van der Waals surface area contributed by atoms with Crippen LogP contribution >= 0.6 is 0 Å². The van der Waals surface area contributed by atoms with Crippen LogP contribution in [0.5, 0.6) is 0 Å². The molecule has 2 heterocycles. The number of hydrogen-bond acceptors (Lipinski definition) is 6. The Hall–Kier alpha value is -3.47. The fourth-order valence-corrected chi connectivity index (χ4v) is 3.12. The number of amides is 1. The molecule has 0 spiro atoms. The van der Waals surface area contributed by atoms with Crippen molar-refractivity contribution in [3.63, 3.8) is 0 Å². The van der Waals surface area contributed by atoms with Crippen molar-refractivity contribution >= 4 is 29.0 Å². The predicted molar refractivity (Wildman–Crippen MR) is 103 cm³/mol. The average Bonchev–Trinajstić information content (AvgIpc) is 3.10. The highest BCUT2D eigenvalue weighted by Crippen LogP contribution is 2.32. The molecule has 1 aromatic heterocycles. The van der Waals surface area contributed by atoms with E-state index in [9.17, 15) is 18.8 Å². The summed E-state index contributed by atoms with van der Waals surface area (Å²) in [6.07, 6.45) is 2.00. The van der Waals surface area contributed by atoms with Crippen molar-refractivity contribution in [2.75, 3.05) is 26.2 Å². The van der Waals surface area contributed by atoms with E-state index in [0.29, 0.717) is 36.7 Å². The van der Waals surface area contributed by atoms with E-state index in [1.807, 2.05) is 0 Å². The number of nitrogens with one attached hydrogen (secondary N) is 1. The maximum atomic E-state index is 13.2. The van der Waals surface area contributed by atoms with E-state index >= 15 is 0 Å². The van der Waals surface area contributed by atoms with Gasteiger partial charge >= 0.3 is 18.0 Å². The number of carbonyl (C=O) groups is 3. The highest BCUT2D eigenvalue weighted by molar-refractivity contribution is 5.89. The van der Waals surface area contributed by atoms with E-state index in [2.05, 4.69) is 15.4 Å². The zero-order valence-corrected chi connectivity index (χ0v) is 16.0. The van der Waals surface area contributed by atoms with E-state index in [-0.39, 0.29) is 5.82 Å². The van der Waals surface area contributed by atoms with Crippen molar-refractivity contribution in [3.05, 3.63) is 41.9 Å². The van der Waals surface area contributed by atoms with Gasteiger partial charge in [-0.1, -0.05) is 5.16 Å². The molecule has 11 heteroatoms. The molecule has 0 unspecified atom stereocenters. The lowest BCUT2D eigenvalue weighted by molar-refractivity contribution is -0.134. The summed E-state index contributed by atoms with van der Waals surface area (Å²) >= 11 is 0. The summed E-state index contributed by atoms with van der Waals surface area (Å²) in [4.78, 5) is 31.8. The number of hydrogen-bond donors (Lipinski definition) is 4. The number of carboxylic acid groups (broad SMARTS) is 3. The molecule has 162 valence electrons. The van der Waals surface area contributed by atoms with Crippen LogP contribution in [0.15, 0.2) is 34.9 Å². The third-order valence-corrected chi connectivity index (χ3v) is 4.51. The van der Waals surface area contributed by atoms with Crippen LogP contribution in [0.1, 0.15) is 24.5 Å².